The number of nitrogen functional groups attached to an aromatic ring is 1. The van der Waals surface area contributed by atoms with Crippen LogP contribution in [0.4, 0.5) is 5.82 Å². The van der Waals surface area contributed by atoms with Gasteiger partial charge in [-0.2, -0.15) is 0 Å². The summed E-state index contributed by atoms with van der Waals surface area (Å²) in [6, 6.07) is 7.59. The van der Waals surface area contributed by atoms with Crippen LogP contribution in [0.25, 0.3) is 33.5 Å². The van der Waals surface area contributed by atoms with Gasteiger partial charge in [0.05, 0.1) is 28.6 Å². The van der Waals surface area contributed by atoms with Crippen LogP contribution in [0.5, 0.6) is 0 Å². The van der Waals surface area contributed by atoms with Crippen LogP contribution in [0.3, 0.4) is 0 Å². The molecule has 0 saturated carbocycles. The zero-order chi connectivity index (χ0) is 16.5. The lowest BCUT2D eigenvalue weighted by atomic mass is 10.0. The molecule has 4 rings (SSSR count). The van der Waals surface area contributed by atoms with Crippen molar-refractivity contribution in [2.75, 3.05) is 5.73 Å². The largest absolute Gasteiger partial charge is 0.382 e. The quantitative estimate of drug-likeness (QED) is 0.604. The van der Waals surface area contributed by atoms with Crippen LogP contribution in [0.2, 0.25) is 5.02 Å². The molecule has 116 valence electrons. The third-order valence-corrected chi connectivity index (χ3v) is 3.82. The summed E-state index contributed by atoms with van der Waals surface area (Å²) in [6.45, 7) is 0. The molecule has 0 aliphatic rings. The Morgan fingerprint density at radius 1 is 0.917 bits per heavy atom. The highest BCUT2D eigenvalue weighted by atomic mass is 35.5. The summed E-state index contributed by atoms with van der Waals surface area (Å²) in [7, 11) is 0. The zero-order valence-electron chi connectivity index (χ0n) is 12.4. The van der Waals surface area contributed by atoms with Gasteiger partial charge >= 0.3 is 0 Å². The Labute approximate surface area is 142 Å². The molecule has 0 spiro atoms. The number of fused-ring (bicyclic) bond motifs is 1. The van der Waals surface area contributed by atoms with E-state index in [4.69, 9.17) is 17.3 Å². The molecule has 0 fully saturated rings. The Morgan fingerprint density at radius 2 is 1.83 bits per heavy atom. The van der Waals surface area contributed by atoms with Crippen molar-refractivity contribution in [2.45, 2.75) is 0 Å². The lowest BCUT2D eigenvalue weighted by Gasteiger charge is -2.10. The van der Waals surface area contributed by atoms with E-state index >= 15 is 0 Å². The zero-order valence-corrected chi connectivity index (χ0v) is 13.1. The molecule has 2 N–H and O–H groups in total. The SMILES string of the molecule is Nc1cnc(-c2cc(Cl)c3ncccc3c2)c(-c2cnccn2)n1. The molecular formula is C17H11ClN6. The molecule has 0 aliphatic carbocycles. The average molecular weight is 335 g/mol. The molecular weight excluding hydrogens is 324 g/mol. The van der Waals surface area contributed by atoms with Crippen molar-refractivity contribution in [1.82, 2.24) is 24.9 Å². The van der Waals surface area contributed by atoms with Crippen LogP contribution in [0.1, 0.15) is 0 Å². The van der Waals surface area contributed by atoms with Gasteiger partial charge < -0.3 is 5.73 Å². The minimum Gasteiger partial charge on any atom is -0.382 e. The molecule has 6 nitrogen and oxygen atoms in total. The molecule has 0 unspecified atom stereocenters. The second-order valence-electron chi connectivity index (χ2n) is 5.12. The van der Waals surface area contributed by atoms with Crippen molar-refractivity contribution in [2.24, 2.45) is 0 Å². The van der Waals surface area contributed by atoms with Gasteiger partial charge in [-0.05, 0) is 18.2 Å². The van der Waals surface area contributed by atoms with E-state index in [1.54, 1.807) is 24.8 Å². The van der Waals surface area contributed by atoms with E-state index in [0.717, 1.165) is 16.5 Å². The maximum atomic E-state index is 6.38. The lowest BCUT2D eigenvalue weighted by Crippen LogP contribution is -2.00. The highest BCUT2D eigenvalue weighted by Gasteiger charge is 2.15. The van der Waals surface area contributed by atoms with E-state index in [0.29, 0.717) is 27.9 Å². The van der Waals surface area contributed by atoms with Gasteiger partial charge in [0.2, 0.25) is 0 Å². The maximum Gasteiger partial charge on any atom is 0.142 e. The van der Waals surface area contributed by atoms with Gasteiger partial charge in [-0.15, -0.1) is 0 Å². The van der Waals surface area contributed by atoms with Gasteiger partial charge in [-0.3, -0.25) is 19.9 Å². The molecule has 24 heavy (non-hydrogen) atoms. The number of pyridine rings is 1. The monoisotopic (exact) mass is 334 g/mol. The number of halogens is 1. The Morgan fingerprint density at radius 3 is 2.67 bits per heavy atom. The fourth-order valence-corrected chi connectivity index (χ4v) is 2.77. The van der Waals surface area contributed by atoms with Crippen molar-refractivity contribution in [1.29, 1.82) is 0 Å². The molecule has 0 aliphatic heterocycles. The van der Waals surface area contributed by atoms with Crippen LogP contribution in [-0.2, 0) is 0 Å². The highest BCUT2D eigenvalue weighted by molar-refractivity contribution is 6.35. The van der Waals surface area contributed by atoms with E-state index in [1.165, 1.54) is 6.20 Å². The Bertz CT molecular complexity index is 1040. The Hall–Kier alpha value is -3.12. The molecule has 0 radical (unpaired) electrons. The van der Waals surface area contributed by atoms with Gasteiger partial charge in [0.25, 0.3) is 0 Å². The molecule has 1 aromatic carbocycles. The van der Waals surface area contributed by atoms with Crippen LogP contribution in [-0.4, -0.2) is 24.9 Å². The number of benzene rings is 1. The van der Waals surface area contributed by atoms with Crippen molar-refractivity contribution in [3.63, 3.8) is 0 Å². The van der Waals surface area contributed by atoms with Gasteiger partial charge in [0, 0.05) is 29.5 Å². The lowest BCUT2D eigenvalue weighted by molar-refractivity contribution is 1.15. The van der Waals surface area contributed by atoms with Crippen molar-refractivity contribution < 1.29 is 0 Å². The topological polar surface area (TPSA) is 90.5 Å². The smallest absolute Gasteiger partial charge is 0.142 e. The normalized spacial score (nSPS) is 10.9. The number of hydrogen-bond donors (Lipinski definition) is 1. The highest BCUT2D eigenvalue weighted by Crippen LogP contribution is 2.33. The summed E-state index contributed by atoms with van der Waals surface area (Å²) in [5, 5.41) is 1.47. The van der Waals surface area contributed by atoms with Gasteiger partial charge in [-0.1, -0.05) is 17.7 Å². The third-order valence-electron chi connectivity index (χ3n) is 3.53. The summed E-state index contributed by atoms with van der Waals surface area (Å²) in [5.41, 5.74) is 9.15. The van der Waals surface area contributed by atoms with Crippen LogP contribution in [0, 0.1) is 0 Å². The van der Waals surface area contributed by atoms with Crippen LogP contribution < -0.4 is 5.73 Å². The van der Waals surface area contributed by atoms with E-state index in [9.17, 15) is 0 Å². The summed E-state index contributed by atoms with van der Waals surface area (Å²) in [4.78, 5) is 21.5. The van der Waals surface area contributed by atoms with E-state index in [2.05, 4.69) is 24.9 Å². The van der Waals surface area contributed by atoms with Crippen LogP contribution in [0.15, 0.2) is 55.2 Å². The molecule has 3 heterocycles. The summed E-state index contributed by atoms with van der Waals surface area (Å²) < 4.78 is 0. The van der Waals surface area contributed by atoms with Crippen molar-refractivity contribution in [3.05, 3.63) is 60.3 Å². The van der Waals surface area contributed by atoms with Gasteiger partial charge in [0.1, 0.15) is 17.2 Å². The van der Waals surface area contributed by atoms with E-state index in [1.807, 2.05) is 24.3 Å². The van der Waals surface area contributed by atoms with Gasteiger partial charge in [0.15, 0.2) is 0 Å². The number of rotatable bonds is 2. The fraction of sp³-hybridized carbons (Fsp3) is 0. The number of nitrogens with two attached hydrogens (primary N) is 1. The maximum absolute atomic E-state index is 6.38. The molecule has 4 aromatic rings. The van der Waals surface area contributed by atoms with Crippen LogP contribution >= 0.6 is 11.6 Å². The van der Waals surface area contributed by atoms with E-state index in [-0.39, 0.29) is 0 Å². The second-order valence-corrected chi connectivity index (χ2v) is 5.52. The van der Waals surface area contributed by atoms with Crippen molar-refractivity contribution >= 4 is 28.3 Å². The van der Waals surface area contributed by atoms with Gasteiger partial charge in [-0.25, -0.2) is 4.98 Å². The molecule has 3 aromatic heterocycles. The standard InChI is InChI=1S/C17H11ClN6/c18-12-7-11(6-10-2-1-3-22-15(10)12)16-17(24-14(19)9-23-16)13-8-20-4-5-21-13/h1-9H,(H2,19,24). The molecule has 0 bridgehead atoms. The second kappa shape index (κ2) is 5.82. The van der Waals surface area contributed by atoms with E-state index < -0.39 is 0 Å². The first-order valence-electron chi connectivity index (χ1n) is 7.16. The summed E-state index contributed by atoms with van der Waals surface area (Å²) in [5.74, 6) is 0.313. The first-order chi connectivity index (χ1) is 11.7. The number of nitrogens with zero attached hydrogens (tertiary/aromatic N) is 5. The average Bonchev–Trinajstić information content (AvgIpc) is 2.62. The first-order valence-corrected chi connectivity index (χ1v) is 7.54. The Balaban J connectivity index is 1.97. The minimum absolute atomic E-state index is 0.313. The predicted molar refractivity (Wildman–Crippen MR) is 93.2 cm³/mol. The summed E-state index contributed by atoms with van der Waals surface area (Å²) >= 11 is 6.38. The fourth-order valence-electron chi connectivity index (χ4n) is 2.50. The number of hydrogen-bond acceptors (Lipinski definition) is 6. The Kier molecular flexibility index (Phi) is 3.51. The minimum atomic E-state index is 0.313. The van der Waals surface area contributed by atoms with Crippen molar-refractivity contribution in [3.8, 4) is 22.6 Å². The molecule has 0 amide bonds. The summed E-state index contributed by atoms with van der Waals surface area (Å²) in [6.07, 6.45) is 8.04. The first kappa shape index (κ1) is 14.5. The molecule has 0 atom stereocenters. The molecule has 0 saturated heterocycles. The number of anilines is 1. The molecule has 7 heteroatoms. The predicted octanol–water partition coefficient (Wildman–Crippen LogP) is 3.38. The third kappa shape index (κ3) is 2.53. The number of aromatic nitrogens is 5.